The molecule has 3 heterocycles. The van der Waals surface area contributed by atoms with E-state index in [1.807, 2.05) is 49.4 Å². The van der Waals surface area contributed by atoms with Crippen LogP contribution in [0.2, 0.25) is 0 Å². The third kappa shape index (κ3) is 3.30. The molecule has 0 radical (unpaired) electrons. The Morgan fingerprint density at radius 1 is 1.00 bits per heavy atom. The third-order valence-electron chi connectivity index (χ3n) is 3.41. The Kier molecular flexibility index (Phi) is 4.00. The molecule has 0 bridgehead atoms. The second kappa shape index (κ2) is 6.45. The number of oxazole rings is 1. The number of hydrogen-bond donors (Lipinski definition) is 0. The van der Waals surface area contributed by atoms with Crippen molar-refractivity contribution in [3.63, 3.8) is 0 Å². The number of pyridine rings is 1. The molecule has 0 fully saturated rings. The lowest BCUT2D eigenvalue weighted by Crippen LogP contribution is -1.90. The molecule has 0 saturated carbocycles. The van der Waals surface area contributed by atoms with Gasteiger partial charge in [0, 0.05) is 12.1 Å². The molecule has 0 atom stereocenters. The zero-order valence-corrected chi connectivity index (χ0v) is 13.8. The summed E-state index contributed by atoms with van der Waals surface area (Å²) in [6.45, 7) is 1.92. The molecular formula is C17H14N4O2S. The Balaban J connectivity index is 1.42. The minimum Gasteiger partial charge on any atom is -0.430 e. The van der Waals surface area contributed by atoms with E-state index >= 15 is 0 Å². The number of hydrogen-bond acceptors (Lipinski definition) is 7. The Morgan fingerprint density at radius 3 is 2.75 bits per heavy atom. The Labute approximate surface area is 142 Å². The largest absolute Gasteiger partial charge is 0.430 e. The maximum absolute atomic E-state index is 5.65. The summed E-state index contributed by atoms with van der Waals surface area (Å²) in [6, 6.07) is 13.8. The Hall–Kier alpha value is -2.67. The molecule has 4 rings (SSSR count). The van der Waals surface area contributed by atoms with Crippen LogP contribution >= 0.6 is 11.8 Å². The van der Waals surface area contributed by atoms with Gasteiger partial charge in [-0.05, 0) is 24.6 Å². The third-order valence-corrected chi connectivity index (χ3v) is 4.22. The van der Waals surface area contributed by atoms with Gasteiger partial charge in [-0.15, -0.1) is 0 Å². The van der Waals surface area contributed by atoms with Crippen molar-refractivity contribution in [3.05, 3.63) is 65.4 Å². The van der Waals surface area contributed by atoms with Crippen LogP contribution in [0.3, 0.4) is 0 Å². The van der Waals surface area contributed by atoms with Crippen LogP contribution in [-0.2, 0) is 12.2 Å². The summed E-state index contributed by atoms with van der Waals surface area (Å²) >= 11 is 1.41. The molecule has 24 heavy (non-hydrogen) atoms. The molecule has 4 aromatic rings. The molecule has 0 saturated heterocycles. The standard InChI is InChI=1S/C17H14N4O2S/c1-11-7-8-13-16(18-11)20-17(22-13)24-10-15-19-14(21-23-15)9-12-5-3-2-4-6-12/h2-8H,9-10H2,1H3. The molecule has 120 valence electrons. The van der Waals surface area contributed by atoms with Gasteiger partial charge < -0.3 is 8.94 Å². The predicted molar refractivity (Wildman–Crippen MR) is 89.6 cm³/mol. The van der Waals surface area contributed by atoms with Crippen molar-refractivity contribution < 1.29 is 8.94 Å². The Morgan fingerprint density at radius 2 is 1.88 bits per heavy atom. The molecule has 0 spiro atoms. The number of thioether (sulfide) groups is 1. The fraction of sp³-hybridized carbons (Fsp3) is 0.176. The van der Waals surface area contributed by atoms with E-state index in [1.165, 1.54) is 11.8 Å². The molecule has 1 aromatic carbocycles. The lowest BCUT2D eigenvalue weighted by molar-refractivity contribution is 0.385. The number of benzene rings is 1. The first-order valence-electron chi connectivity index (χ1n) is 7.49. The van der Waals surface area contributed by atoms with E-state index in [4.69, 9.17) is 8.94 Å². The number of nitrogens with zero attached hydrogens (tertiary/aromatic N) is 4. The van der Waals surface area contributed by atoms with Crippen molar-refractivity contribution in [1.82, 2.24) is 20.1 Å². The normalized spacial score (nSPS) is 11.2. The number of fused-ring (bicyclic) bond motifs is 1. The minimum absolute atomic E-state index is 0.508. The van der Waals surface area contributed by atoms with Gasteiger partial charge in [0.25, 0.3) is 5.22 Å². The average Bonchev–Trinajstić information content (AvgIpc) is 3.20. The monoisotopic (exact) mass is 338 g/mol. The van der Waals surface area contributed by atoms with Gasteiger partial charge >= 0.3 is 0 Å². The molecule has 0 aliphatic heterocycles. The van der Waals surface area contributed by atoms with Gasteiger partial charge in [-0.2, -0.15) is 9.97 Å². The lowest BCUT2D eigenvalue weighted by Gasteiger charge is -1.94. The number of aromatic nitrogens is 4. The van der Waals surface area contributed by atoms with Crippen LogP contribution in [0, 0.1) is 6.92 Å². The van der Waals surface area contributed by atoms with Gasteiger partial charge in [0.2, 0.25) is 5.89 Å². The van der Waals surface area contributed by atoms with E-state index < -0.39 is 0 Å². The number of aryl methyl sites for hydroxylation is 1. The summed E-state index contributed by atoms with van der Waals surface area (Å²) in [4.78, 5) is 13.1. The first kappa shape index (κ1) is 14.9. The molecule has 3 aromatic heterocycles. The lowest BCUT2D eigenvalue weighted by atomic mass is 10.1. The van der Waals surface area contributed by atoms with Crippen LogP contribution < -0.4 is 0 Å². The second-order valence-electron chi connectivity index (χ2n) is 5.31. The van der Waals surface area contributed by atoms with Crippen molar-refractivity contribution in [2.45, 2.75) is 24.3 Å². The van der Waals surface area contributed by atoms with Gasteiger partial charge in [0.05, 0.1) is 5.75 Å². The van der Waals surface area contributed by atoms with E-state index in [2.05, 4.69) is 20.1 Å². The summed E-state index contributed by atoms with van der Waals surface area (Å²) in [5, 5.41) is 4.56. The highest BCUT2D eigenvalue weighted by atomic mass is 32.2. The SMILES string of the molecule is Cc1ccc2oc(SCc3nc(Cc4ccccc4)no3)nc2n1. The smallest absolute Gasteiger partial charge is 0.258 e. The topological polar surface area (TPSA) is 77.8 Å². The van der Waals surface area contributed by atoms with Gasteiger partial charge in [0.15, 0.2) is 17.1 Å². The average molecular weight is 338 g/mol. The quantitative estimate of drug-likeness (QED) is 0.512. The first-order valence-corrected chi connectivity index (χ1v) is 8.47. The van der Waals surface area contributed by atoms with E-state index in [-0.39, 0.29) is 0 Å². The van der Waals surface area contributed by atoms with E-state index in [1.54, 1.807) is 0 Å². The predicted octanol–water partition coefficient (Wildman–Crippen LogP) is 3.80. The van der Waals surface area contributed by atoms with Crippen molar-refractivity contribution in [2.24, 2.45) is 0 Å². The van der Waals surface area contributed by atoms with Gasteiger partial charge in [-0.1, -0.05) is 47.3 Å². The van der Waals surface area contributed by atoms with Crippen LogP contribution in [0.15, 0.2) is 56.6 Å². The highest BCUT2D eigenvalue weighted by Gasteiger charge is 2.12. The molecular weight excluding hydrogens is 324 g/mol. The van der Waals surface area contributed by atoms with Gasteiger partial charge in [-0.3, -0.25) is 0 Å². The van der Waals surface area contributed by atoms with E-state index in [9.17, 15) is 0 Å². The zero-order valence-electron chi connectivity index (χ0n) is 13.0. The van der Waals surface area contributed by atoms with Crippen LogP contribution in [0.5, 0.6) is 0 Å². The van der Waals surface area contributed by atoms with Crippen LogP contribution in [0.1, 0.15) is 23.0 Å². The molecule has 7 heteroatoms. The van der Waals surface area contributed by atoms with Crippen LogP contribution in [-0.4, -0.2) is 20.1 Å². The maximum atomic E-state index is 5.65. The first-order chi connectivity index (χ1) is 11.8. The second-order valence-corrected chi connectivity index (χ2v) is 6.24. The summed E-state index contributed by atoms with van der Waals surface area (Å²) in [6.07, 6.45) is 0.654. The van der Waals surface area contributed by atoms with Gasteiger partial charge in [-0.25, -0.2) is 4.98 Å². The highest BCUT2D eigenvalue weighted by molar-refractivity contribution is 7.98. The zero-order chi connectivity index (χ0) is 16.4. The molecule has 0 unspecified atom stereocenters. The van der Waals surface area contributed by atoms with Crippen molar-refractivity contribution in [1.29, 1.82) is 0 Å². The molecule has 0 N–H and O–H groups in total. The van der Waals surface area contributed by atoms with Crippen molar-refractivity contribution in [2.75, 3.05) is 0 Å². The van der Waals surface area contributed by atoms with Crippen molar-refractivity contribution in [3.8, 4) is 0 Å². The van der Waals surface area contributed by atoms with E-state index in [0.717, 1.165) is 11.3 Å². The summed E-state index contributed by atoms with van der Waals surface area (Å²) in [5.74, 6) is 1.73. The summed E-state index contributed by atoms with van der Waals surface area (Å²) in [7, 11) is 0. The Bertz CT molecular complexity index is 965. The van der Waals surface area contributed by atoms with Crippen LogP contribution in [0.4, 0.5) is 0 Å². The van der Waals surface area contributed by atoms with E-state index in [0.29, 0.717) is 40.3 Å². The molecule has 0 amide bonds. The summed E-state index contributed by atoms with van der Waals surface area (Å²) < 4.78 is 10.9. The van der Waals surface area contributed by atoms with Crippen LogP contribution in [0.25, 0.3) is 11.2 Å². The molecule has 6 nitrogen and oxygen atoms in total. The minimum atomic E-state index is 0.508. The number of rotatable bonds is 5. The fourth-order valence-electron chi connectivity index (χ4n) is 2.28. The maximum Gasteiger partial charge on any atom is 0.258 e. The van der Waals surface area contributed by atoms with Gasteiger partial charge in [0.1, 0.15) is 0 Å². The highest BCUT2D eigenvalue weighted by Crippen LogP contribution is 2.25. The molecule has 0 aliphatic rings. The molecule has 0 aliphatic carbocycles. The van der Waals surface area contributed by atoms with Crippen molar-refractivity contribution >= 4 is 23.0 Å². The fourth-order valence-corrected chi connectivity index (χ4v) is 2.94. The summed E-state index contributed by atoms with van der Waals surface area (Å²) in [5.41, 5.74) is 3.36.